The molecule has 3 heteroatoms. The van der Waals surface area contributed by atoms with Crippen LogP contribution in [-0.2, 0) is 10.8 Å². The third-order valence-corrected chi connectivity index (χ3v) is 9.26. The molecule has 7 aromatic rings. The number of benzene rings is 5. The van der Waals surface area contributed by atoms with E-state index in [2.05, 4.69) is 174 Å². The van der Waals surface area contributed by atoms with Crippen LogP contribution in [0.1, 0.15) is 63.8 Å². The van der Waals surface area contributed by atoms with Crippen LogP contribution in [-0.4, -0.2) is 14.1 Å². The Labute approximate surface area is 273 Å². The number of fused-ring (bicyclic) bond motifs is 3. The predicted octanol–water partition coefficient (Wildman–Crippen LogP) is 11.5. The molecule has 0 radical (unpaired) electrons. The summed E-state index contributed by atoms with van der Waals surface area (Å²) in [6, 6.07) is 40.0. The molecule has 0 spiro atoms. The zero-order valence-electron chi connectivity index (χ0n) is 28.3. The fourth-order valence-electron chi connectivity index (χ4n) is 6.63. The molecule has 0 saturated heterocycles. The van der Waals surface area contributed by atoms with E-state index in [0.717, 1.165) is 28.3 Å². The van der Waals surface area contributed by atoms with E-state index in [4.69, 9.17) is 4.98 Å². The normalized spacial score (nSPS) is 12.3. The maximum absolute atomic E-state index is 5.12. The molecule has 0 amide bonds. The first-order valence-electron chi connectivity index (χ1n) is 16.3. The summed E-state index contributed by atoms with van der Waals surface area (Å²) in [5.74, 6) is 0.942. The Hall–Kier alpha value is -4.89. The van der Waals surface area contributed by atoms with Crippen LogP contribution < -0.4 is 0 Å². The Morgan fingerprint density at radius 3 is 1.87 bits per heavy atom. The Morgan fingerprint density at radius 1 is 0.543 bits per heavy atom. The number of nitrogens with zero attached hydrogens (tertiary/aromatic N) is 3. The van der Waals surface area contributed by atoms with Gasteiger partial charge in [-0.15, -0.1) is 0 Å². The van der Waals surface area contributed by atoms with Gasteiger partial charge in [-0.25, -0.2) is 4.98 Å². The highest BCUT2D eigenvalue weighted by Gasteiger charge is 2.24. The highest BCUT2D eigenvalue weighted by atomic mass is 15.1. The number of hydrogen-bond acceptors (Lipinski definition) is 1. The van der Waals surface area contributed by atoms with Gasteiger partial charge in [-0.2, -0.15) is 0 Å². The van der Waals surface area contributed by atoms with Crippen molar-refractivity contribution in [1.82, 2.24) is 14.1 Å². The molecule has 0 aliphatic carbocycles. The van der Waals surface area contributed by atoms with Crippen molar-refractivity contribution < 1.29 is 0 Å². The van der Waals surface area contributed by atoms with Crippen molar-refractivity contribution in [2.75, 3.05) is 0 Å². The molecule has 2 aromatic heterocycles. The number of imidazole rings is 1. The van der Waals surface area contributed by atoms with Crippen molar-refractivity contribution in [3.8, 4) is 34.0 Å². The van der Waals surface area contributed by atoms with E-state index in [1.807, 2.05) is 6.20 Å². The largest absolute Gasteiger partial charge is 0.309 e. The molecule has 46 heavy (non-hydrogen) atoms. The maximum Gasteiger partial charge on any atom is 0.144 e. The van der Waals surface area contributed by atoms with Crippen LogP contribution in [0, 0.1) is 13.8 Å². The fraction of sp³-hybridized carbons (Fsp3) is 0.233. The van der Waals surface area contributed by atoms with E-state index in [1.165, 1.54) is 49.7 Å². The van der Waals surface area contributed by atoms with Gasteiger partial charge >= 0.3 is 0 Å². The van der Waals surface area contributed by atoms with Crippen molar-refractivity contribution in [3.63, 3.8) is 0 Å². The molecule has 2 heterocycles. The molecule has 7 rings (SSSR count). The first kappa shape index (κ1) is 29.8. The standard InChI is InChI=1S/C43H43N3/c1-28-18-20-39-36(22-28)35-16-12-13-17-38(35)46(39)37-21-19-31(23-29(37)2)41-44-27-40(30-14-10-9-11-15-30)45(41)34-25-32(42(3,4)5)24-33(26-34)43(6,7)8/h9-27H,1-8H3. The van der Waals surface area contributed by atoms with Crippen molar-refractivity contribution in [2.45, 2.75) is 66.2 Å². The van der Waals surface area contributed by atoms with Crippen LogP contribution in [0.5, 0.6) is 0 Å². The Kier molecular flexibility index (Phi) is 7.05. The molecule has 5 aromatic carbocycles. The first-order chi connectivity index (χ1) is 21.9. The smallest absolute Gasteiger partial charge is 0.144 e. The topological polar surface area (TPSA) is 22.8 Å². The van der Waals surface area contributed by atoms with Crippen molar-refractivity contribution in [3.05, 3.63) is 138 Å². The lowest BCUT2D eigenvalue weighted by Gasteiger charge is -2.27. The maximum atomic E-state index is 5.12. The van der Waals surface area contributed by atoms with E-state index in [9.17, 15) is 0 Å². The highest BCUT2D eigenvalue weighted by molar-refractivity contribution is 6.09. The summed E-state index contributed by atoms with van der Waals surface area (Å²) in [5.41, 5.74) is 13.2. The summed E-state index contributed by atoms with van der Waals surface area (Å²) in [4.78, 5) is 5.12. The van der Waals surface area contributed by atoms with Crippen molar-refractivity contribution in [2.24, 2.45) is 0 Å². The number of para-hydroxylation sites is 1. The van der Waals surface area contributed by atoms with Crippen LogP contribution in [0.2, 0.25) is 0 Å². The summed E-state index contributed by atoms with van der Waals surface area (Å²) in [6.07, 6.45) is 2.03. The zero-order chi connectivity index (χ0) is 32.4. The first-order valence-corrected chi connectivity index (χ1v) is 16.3. The molecule has 0 aliphatic heterocycles. The lowest BCUT2D eigenvalue weighted by molar-refractivity contribution is 0.568. The molecule has 0 bridgehead atoms. The van der Waals surface area contributed by atoms with Crippen molar-refractivity contribution >= 4 is 21.8 Å². The van der Waals surface area contributed by atoms with Crippen LogP contribution in [0.15, 0.2) is 115 Å². The Bertz CT molecular complexity index is 2200. The number of hydrogen-bond donors (Lipinski definition) is 0. The summed E-state index contributed by atoms with van der Waals surface area (Å²) in [5, 5.41) is 2.57. The van der Waals surface area contributed by atoms with E-state index >= 15 is 0 Å². The second-order valence-corrected chi connectivity index (χ2v) is 14.8. The monoisotopic (exact) mass is 601 g/mol. The third kappa shape index (κ3) is 5.14. The van der Waals surface area contributed by atoms with Gasteiger partial charge in [0.2, 0.25) is 0 Å². The summed E-state index contributed by atoms with van der Waals surface area (Å²) in [6.45, 7) is 18.2. The van der Waals surface area contributed by atoms with Gasteiger partial charge in [0.1, 0.15) is 5.82 Å². The molecule has 3 nitrogen and oxygen atoms in total. The second-order valence-electron chi connectivity index (χ2n) is 14.8. The van der Waals surface area contributed by atoms with Gasteiger partial charge in [-0.3, -0.25) is 4.57 Å². The minimum absolute atomic E-state index is 0.00273. The zero-order valence-corrected chi connectivity index (χ0v) is 28.3. The lowest BCUT2D eigenvalue weighted by Crippen LogP contribution is -2.17. The molecule has 0 atom stereocenters. The number of aromatic nitrogens is 3. The molecule has 0 fully saturated rings. The van der Waals surface area contributed by atoms with E-state index < -0.39 is 0 Å². The minimum atomic E-state index is 0.00273. The summed E-state index contributed by atoms with van der Waals surface area (Å²) in [7, 11) is 0. The van der Waals surface area contributed by atoms with Gasteiger partial charge in [0.15, 0.2) is 0 Å². The SMILES string of the molecule is Cc1ccc2c(c1)c1ccccc1n2-c1ccc(-c2ncc(-c3ccccc3)n2-c2cc(C(C)(C)C)cc(C(C)(C)C)c2)cc1C. The quantitative estimate of drug-likeness (QED) is 0.197. The molecule has 230 valence electrons. The van der Waals surface area contributed by atoms with Gasteiger partial charge in [0.05, 0.1) is 22.9 Å². The van der Waals surface area contributed by atoms with Gasteiger partial charge in [0.25, 0.3) is 0 Å². The summed E-state index contributed by atoms with van der Waals surface area (Å²) < 4.78 is 4.77. The third-order valence-electron chi connectivity index (χ3n) is 9.26. The lowest BCUT2D eigenvalue weighted by atomic mass is 9.80. The van der Waals surface area contributed by atoms with Gasteiger partial charge in [0, 0.05) is 33.3 Å². The average Bonchev–Trinajstić information content (AvgIpc) is 3.60. The Balaban J connectivity index is 1.45. The van der Waals surface area contributed by atoms with Crippen LogP contribution in [0.25, 0.3) is 55.8 Å². The molecule has 0 saturated carbocycles. The van der Waals surface area contributed by atoms with E-state index in [-0.39, 0.29) is 10.8 Å². The highest BCUT2D eigenvalue weighted by Crippen LogP contribution is 2.38. The van der Waals surface area contributed by atoms with Gasteiger partial charge in [-0.05, 0) is 89.9 Å². The fourth-order valence-corrected chi connectivity index (χ4v) is 6.63. The van der Waals surface area contributed by atoms with E-state index in [1.54, 1.807) is 0 Å². The number of aryl methyl sites for hydroxylation is 2. The van der Waals surface area contributed by atoms with Gasteiger partial charge in [-0.1, -0.05) is 108 Å². The van der Waals surface area contributed by atoms with Crippen LogP contribution >= 0.6 is 0 Å². The second kappa shape index (κ2) is 10.9. The molecular formula is C43H43N3. The van der Waals surface area contributed by atoms with Crippen LogP contribution in [0.3, 0.4) is 0 Å². The van der Waals surface area contributed by atoms with Crippen molar-refractivity contribution in [1.29, 1.82) is 0 Å². The van der Waals surface area contributed by atoms with Crippen LogP contribution in [0.4, 0.5) is 0 Å². The average molecular weight is 602 g/mol. The minimum Gasteiger partial charge on any atom is -0.309 e. The van der Waals surface area contributed by atoms with E-state index in [0.29, 0.717) is 0 Å². The number of rotatable bonds is 4. The summed E-state index contributed by atoms with van der Waals surface area (Å²) >= 11 is 0. The molecular weight excluding hydrogens is 558 g/mol. The molecule has 0 aliphatic rings. The predicted molar refractivity (Wildman–Crippen MR) is 196 cm³/mol. The molecule has 0 unspecified atom stereocenters. The van der Waals surface area contributed by atoms with Gasteiger partial charge < -0.3 is 4.57 Å². The Morgan fingerprint density at radius 2 is 1.20 bits per heavy atom. The molecule has 0 N–H and O–H groups in total.